The molecule has 0 atom stereocenters. The third-order valence-corrected chi connectivity index (χ3v) is 8.52. The van der Waals surface area contributed by atoms with Gasteiger partial charge in [-0.05, 0) is 35.8 Å². The zero-order valence-corrected chi connectivity index (χ0v) is 20.5. The minimum absolute atomic E-state index is 0.582. The SMILES string of the molecule is CCCCCCCC[Si](C)(C)OC(c1ccccc1)(c1ccccc1)c1ccccc1. The lowest BCUT2D eigenvalue weighted by Gasteiger charge is -2.42. The lowest BCUT2D eigenvalue weighted by atomic mass is 9.80. The fraction of sp³-hybridized carbons (Fsp3) is 0.379. The van der Waals surface area contributed by atoms with Gasteiger partial charge in [-0.1, -0.05) is 136 Å². The average Bonchev–Trinajstić information content (AvgIpc) is 2.81. The van der Waals surface area contributed by atoms with Crippen molar-refractivity contribution >= 4 is 8.32 Å². The molecule has 31 heavy (non-hydrogen) atoms. The third kappa shape index (κ3) is 6.18. The monoisotopic (exact) mass is 430 g/mol. The molecule has 0 saturated heterocycles. The molecule has 0 aromatic heterocycles. The largest absolute Gasteiger partial charge is 0.400 e. The molecule has 0 heterocycles. The van der Waals surface area contributed by atoms with Gasteiger partial charge in [-0.15, -0.1) is 0 Å². The fourth-order valence-corrected chi connectivity index (χ4v) is 6.88. The summed E-state index contributed by atoms with van der Waals surface area (Å²) in [6, 6.07) is 33.5. The van der Waals surface area contributed by atoms with Crippen molar-refractivity contribution in [3.8, 4) is 0 Å². The van der Waals surface area contributed by atoms with Crippen LogP contribution in [0.3, 0.4) is 0 Å². The zero-order valence-electron chi connectivity index (χ0n) is 19.5. The third-order valence-electron chi connectivity index (χ3n) is 6.10. The van der Waals surface area contributed by atoms with E-state index < -0.39 is 13.9 Å². The van der Waals surface area contributed by atoms with Crippen molar-refractivity contribution in [1.29, 1.82) is 0 Å². The lowest BCUT2D eigenvalue weighted by molar-refractivity contribution is 0.143. The van der Waals surface area contributed by atoms with E-state index in [4.69, 9.17) is 4.43 Å². The molecule has 0 N–H and O–H groups in total. The topological polar surface area (TPSA) is 9.23 Å². The minimum Gasteiger partial charge on any atom is -0.400 e. The van der Waals surface area contributed by atoms with E-state index in [-0.39, 0.29) is 0 Å². The lowest BCUT2D eigenvalue weighted by Crippen LogP contribution is -2.44. The second kappa shape index (κ2) is 11.5. The molecule has 0 amide bonds. The van der Waals surface area contributed by atoms with E-state index in [9.17, 15) is 0 Å². The Hall–Kier alpha value is -2.16. The quantitative estimate of drug-likeness (QED) is 0.159. The summed E-state index contributed by atoms with van der Waals surface area (Å²) in [5.41, 5.74) is 3.03. The molecule has 0 aliphatic carbocycles. The van der Waals surface area contributed by atoms with E-state index in [1.165, 1.54) is 61.3 Å². The maximum Gasteiger partial charge on any atom is 0.188 e. The summed E-state index contributed by atoms with van der Waals surface area (Å²) in [7, 11) is -1.96. The first kappa shape index (κ1) is 23.5. The van der Waals surface area contributed by atoms with E-state index in [0.717, 1.165) is 0 Å². The molecule has 0 fully saturated rings. The highest BCUT2D eigenvalue weighted by Gasteiger charge is 2.42. The van der Waals surface area contributed by atoms with Crippen LogP contribution in [0.1, 0.15) is 62.1 Å². The van der Waals surface area contributed by atoms with Crippen molar-refractivity contribution in [3.63, 3.8) is 0 Å². The smallest absolute Gasteiger partial charge is 0.188 e. The second-order valence-corrected chi connectivity index (χ2v) is 13.4. The Balaban J connectivity index is 1.96. The highest BCUT2D eigenvalue weighted by Crippen LogP contribution is 2.43. The summed E-state index contributed by atoms with van der Waals surface area (Å²) >= 11 is 0. The van der Waals surface area contributed by atoms with Crippen molar-refractivity contribution < 1.29 is 4.43 Å². The number of hydrogen-bond donors (Lipinski definition) is 0. The Morgan fingerprint density at radius 3 is 1.39 bits per heavy atom. The number of hydrogen-bond acceptors (Lipinski definition) is 1. The molecule has 3 aromatic carbocycles. The Bertz CT molecular complexity index is 778. The molecule has 3 rings (SSSR count). The standard InChI is InChI=1S/C29H38OSi/c1-4-5-6-7-8-18-25-31(2,3)30-29(26-19-12-9-13-20-26,27-21-14-10-15-22-27)28-23-16-11-17-24-28/h9-17,19-24H,4-8,18,25H2,1-3H3. The number of unbranched alkanes of at least 4 members (excludes halogenated alkanes) is 5. The van der Waals surface area contributed by atoms with Crippen LogP contribution in [0.4, 0.5) is 0 Å². The van der Waals surface area contributed by atoms with E-state index in [1.807, 2.05) is 0 Å². The predicted octanol–water partition coefficient (Wildman–Crippen LogP) is 8.56. The van der Waals surface area contributed by atoms with E-state index >= 15 is 0 Å². The minimum atomic E-state index is -1.96. The van der Waals surface area contributed by atoms with Gasteiger partial charge >= 0.3 is 0 Å². The zero-order chi connectivity index (χ0) is 22.0. The molecule has 0 saturated carbocycles. The van der Waals surface area contributed by atoms with Crippen LogP contribution in [0.15, 0.2) is 91.0 Å². The Labute approximate surface area is 190 Å². The van der Waals surface area contributed by atoms with Crippen molar-refractivity contribution in [1.82, 2.24) is 0 Å². The van der Waals surface area contributed by atoms with Gasteiger partial charge in [0.25, 0.3) is 0 Å². The van der Waals surface area contributed by atoms with Crippen molar-refractivity contribution in [2.24, 2.45) is 0 Å². The summed E-state index contributed by atoms with van der Waals surface area (Å²) in [6.07, 6.45) is 7.95. The first-order chi connectivity index (χ1) is 15.1. The fourth-order valence-electron chi connectivity index (χ4n) is 4.49. The van der Waals surface area contributed by atoms with Crippen molar-refractivity contribution in [3.05, 3.63) is 108 Å². The van der Waals surface area contributed by atoms with Gasteiger partial charge in [0.05, 0.1) is 0 Å². The normalized spacial score (nSPS) is 12.1. The molecule has 3 aromatic rings. The van der Waals surface area contributed by atoms with Crippen LogP contribution in [0, 0.1) is 0 Å². The molecule has 0 unspecified atom stereocenters. The van der Waals surface area contributed by atoms with Gasteiger partial charge < -0.3 is 4.43 Å². The van der Waals surface area contributed by atoms with E-state index in [2.05, 4.69) is 111 Å². The molecule has 1 nitrogen and oxygen atoms in total. The predicted molar refractivity (Wildman–Crippen MR) is 136 cm³/mol. The van der Waals surface area contributed by atoms with Crippen molar-refractivity contribution in [2.75, 3.05) is 0 Å². The summed E-state index contributed by atoms with van der Waals surface area (Å²) in [5, 5.41) is 0. The average molecular weight is 431 g/mol. The highest BCUT2D eigenvalue weighted by molar-refractivity contribution is 6.71. The second-order valence-electron chi connectivity index (χ2n) is 9.16. The molecule has 164 valence electrons. The first-order valence-corrected chi connectivity index (χ1v) is 15.1. The molecule has 0 radical (unpaired) electrons. The first-order valence-electron chi connectivity index (χ1n) is 12.0. The number of rotatable bonds is 12. The summed E-state index contributed by atoms with van der Waals surface area (Å²) in [6.45, 7) is 7.06. The van der Waals surface area contributed by atoms with Crippen LogP contribution in [0.2, 0.25) is 19.1 Å². The molecule has 0 bridgehead atoms. The van der Waals surface area contributed by atoms with Crippen LogP contribution in [-0.4, -0.2) is 8.32 Å². The maximum atomic E-state index is 7.35. The molecule has 0 aliphatic rings. The van der Waals surface area contributed by atoms with E-state index in [0.29, 0.717) is 0 Å². The summed E-state index contributed by atoms with van der Waals surface area (Å²) in [5.74, 6) is 0. The van der Waals surface area contributed by atoms with Gasteiger partial charge in [0.15, 0.2) is 8.32 Å². The van der Waals surface area contributed by atoms with Gasteiger partial charge in [0.2, 0.25) is 0 Å². The molecular formula is C29H38OSi. The van der Waals surface area contributed by atoms with E-state index in [1.54, 1.807) is 0 Å². The number of benzene rings is 3. The maximum absolute atomic E-state index is 7.35. The van der Waals surface area contributed by atoms with Gasteiger partial charge in [-0.2, -0.15) is 0 Å². The van der Waals surface area contributed by atoms with Gasteiger partial charge in [0, 0.05) is 0 Å². The van der Waals surface area contributed by atoms with Gasteiger partial charge in [-0.25, -0.2) is 0 Å². The van der Waals surface area contributed by atoms with Crippen LogP contribution in [-0.2, 0) is 10.0 Å². The van der Waals surface area contributed by atoms with Crippen LogP contribution in [0.5, 0.6) is 0 Å². The summed E-state index contributed by atoms with van der Waals surface area (Å²) < 4.78 is 7.35. The van der Waals surface area contributed by atoms with Gasteiger partial charge in [0.1, 0.15) is 5.60 Å². The molecule has 2 heteroatoms. The van der Waals surface area contributed by atoms with Crippen LogP contribution in [0.25, 0.3) is 0 Å². The Morgan fingerprint density at radius 1 is 0.581 bits per heavy atom. The van der Waals surface area contributed by atoms with Crippen LogP contribution >= 0.6 is 0 Å². The van der Waals surface area contributed by atoms with Crippen LogP contribution < -0.4 is 0 Å². The Morgan fingerprint density at radius 2 is 0.968 bits per heavy atom. The highest BCUT2D eigenvalue weighted by atomic mass is 28.4. The molecular weight excluding hydrogens is 392 g/mol. The Kier molecular flexibility index (Phi) is 8.68. The van der Waals surface area contributed by atoms with Gasteiger partial charge in [-0.3, -0.25) is 0 Å². The molecule has 0 aliphatic heterocycles. The summed E-state index contributed by atoms with van der Waals surface area (Å²) in [4.78, 5) is 0. The van der Waals surface area contributed by atoms with Crippen molar-refractivity contribution in [2.45, 2.75) is 70.2 Å². The molecule has 0 spiro atoms.